The fourth-order valence-electron chi connectivity index (χ4n) is 2.59. The molecule has 158 valence electrons. The number of ether oxygens (including phenoxy) is 1. The molecular formula is C18H19F3N2O5S. The van der Waals surface area contributed by atoms with Crippen molar-refractivity contribution >= 4 is 15.7 Å². The molecule has 0 unspecified atom stereocenters. The molecule has 29 heavy (non-hydrogen) atoms. The number of rotatable bonds is 8. The van der Waals surface area contributed by atoms with Crippen molar-refractivity contribution in [2.45, 2.75) is 31.5 Å². The topological polar surface area (TPSA) is 89.8 Å². The number of sulfonamides is 1. The molecule has 0 radical (unpaired) electrons. The predicted octanol–water partition coefficient (Wildman–Crippen LogP) is 4.22. The fourth-order valence-corrected chi connectivity index (χ4v) is 4.06. The maximum Gasteiger partial charge on any atom is 0.416 e. The van der Waals surface area contributed by atoms with Gasteiger partial charge in [0.15, 0.2) is 5.75 Å². The molecule has 0 aliphatic carbocycles. The minimum absolute atomic E-state index is 0.187. The van der Waals surface area contributed by atoms with Gasteiger partial charge in [-0.15, -0.1) is 0 Å². The van der Waals surface area contributed by atoms with Crippen LogP contribution in [0.3, 0.4) is 0 Å². The third-order valence-corrected chi connectivity index (χ3v) is 6.19. The zero-order valence-corrected chi connectivity index (χ0v) is 16.5. The summed E-state index contributed by atoms with van der Waals surface area (Å²) < 4.78 is 69.4. The summed E-state index contributed by atoms with van der Waals surface area (Å²) in [5.74, 6) is -0.187. The van der Waals surface area contributed by atoms with E-state index in [0.717, 1.165) is 22.5 Å². The minimum atomic E-state index is -4.47. The molecule has 0 aromatic heterocycles. The van der Waals surface area contributed by atoms with Crippen LogP contribution in [0.5, 0.6) is 5.75 Å². The highest BCUT2D eigenvalue weighted by Gasteiger charge is 2.30. The highest BCUT2D eigenvalue weighted by atomic mass is 32.2. The van der Waals surface area contributed by atoms with Crippen LogP contribution in [0, 0.1) is 10.1 Å². The summed E-state index contributed by atoms with van der Waals surface area (Å²) in [5, 5.41) is 11.4. The van der Waals surface area contributed by atoms with Crippen LogP contribution in [-0.4, -0.2) is 30.7 Å². The molecule has 0 atom stereocenters. The van der Waals surface area contributed by atoms with E-state index in [-0.39, 0.29) is 30.3 Å². The van der Waals surface area contributed by atoms with Crippen molar-refractivity contribution in [3.63, 3.8) is 0 Å². The van der Waals surface area contributed by atoms with Gasteiger partial charge in [0.2, 0.25) is 10.0 Å². The van der Waals surface area contributed by atoms with Gasteiger partial charge >= 0.3 is 11.9 Å². The van der Waals surface area contributed by atoms with Crippen LogP contribution in [0.15, 0.2) is 47.4 Å². The van der Waals surface area contributed by atoms with Crippen LogP contribution in [0.2, 0.25) is 0 Å². The molecule has 0 fully saturated rings. The zero-order chi connectivity index (χ0) is 21.8. The molecule has 0 bridgehead atoms. The minimum Gasteiger partial charge on any atom is -0.482 e. The van der Waals surface area contributed by atoms with Gasteiger partial charge in [-0.3, -0.25) is 10.1 Å². The molecule has 0 saturated carbocycles. The van der Waals surface area contributed by atoms with E-state index in [9.17, 15) is 31.7 Å². The predicted molar refractivity (Wildman–Crippen MR) is 99.0 cm³/mol. The van der Waals surface area contributed by atoms with Crippen molar-refractivity contribution in [2.24, 2.45) is 0 Å². The largest absolute Gasteiger partial charge is 0.482 e. The van der Waals surface area contributed by atoms with Gasteiger partial charge in [0, 0.05) is 19.2 Å². The summed E-state index contributed by atoms with van der Waals surface area (Å²) >= 11 is 0. The van der Waals surface area contributed by atoms with Gasteiger partial charge in [-0.1, -0.05) is 26.0 Å². The average molecular weight is 432 g/mol. The second-order valence-corrected chi connectivity index (χ2v) is 7.90. The monoisotopic (exact) mass is 432 g/mol. The lowest BCUT2D eigenvalue weighted by atomic mass is 10.1. The summed E-state index contributed by atoms with van der Waals surface area (Å²) in [6.07, 6.45) is -4.47. The summed E-state index contributed by atoms with van der Waals surface area (Å²) in [7, 11) is -3.89. The van der Waals surface area contributed by atoms with E-state index in [1.165, 1.54) is 24.3 Å². The zero-order valence-electron chi connectivity index (χ0n) is 15.6. The van der Waals surface area contributed by atoms with Gasteiger partial charge in [-0.25, -0.2) is 8.42 Å². The van der Waals surface area contributed by atoms with Crippen LogP contribution >= 0.6 is 0 Å². The van der Waals surface area contributed by atoms with Crippen molar-refractivity contribution in [3.8, 4) is 5.75 Å². The summed E-state index contributed by atoms with van der Waals surface area (Å²) in [6.45, 7) is 3.49. The van der Waals surface area contributed by atoms with E-state index in [2.05, 4.69) is 0 Å². The Morgan fingerprint density at radius 3 is 2.14 bits per heavy atom. The Kier molecular flexibility index (Phi) is 6.85. The molecule has 0 amide bonds. The molecule has 0 aliphatic rings. The number of nitro groups is 1. The number of nitrogens with zero attached hydrogens (tertiary/aromatic N) is 2. The summed E-state index contributed by atoms with van der Waals surface area (Å²) in [4.78, 5) is 10.4. The van der Waals surface area contributed by atoms with E-state index < -0.39 is 32.4 Å². The van der Waals surface area contributed by atoms with E-state index in [0.29, 0.717) is 5.56 Å². The Hall–Kier alpha value is -2.66. The highest BCUT2D eigenvalue weighted by molar-refractivity contribution is 7.89. The number of hydrogen-bond donors (Lipinski definition) is 0. The molecule has 0 heterocycles. The molecule has 0 saturated heterocycles. The first-order valence-corrected chi connectivity index (χ1v) is 10.0. The first kappa shape index (κ1) is 22.6. The van der Waals surface area contributed by atoms with Gasteiger partial charge in [0.1, 0.15) is 6.61 Å². The van der Waals surface area contributed by atoms with Crippen LogP contribution < -0.4 is 4.74 Å². The Morgan fingerprint density at radius 2 is 1.66 bits per heavy atom. The molecule has 2 rings (SSSR count). The normalized spacial score (nSPS) is 12.2. The molecule has 2 aromatic carbocycles. The standard InChI is InChI=1S/C18H19F3N2O5S/c1-3-22(4-2)29(26,27)15-9-10-17(16(11-15)23(24)25)28-12-13-5-7-14(8-6-13)18(19,20)21/h5-11H,3-4,12H2,1-2H3. The Balaban J connectivity index is 2.27. The fraction of sp³-hybridized carbons (Fsp3) is 0.333. The highest BCUT2D eigenvalue weighted by Crippen LogP contribution is 2.32. The third-order valence-electron chi connectivity index (χ3n) is 4.15. The Bertz CT molecular complexity index is 972. The first-order valence-electron chi connectivity index (χ1n) is 8.58. The number of halogens is 3. The van der Waals surface area contributed by atoms with E-state index in [1.54, 1.807) is 13.8 Å². The van der Waals surface area contributed by atoms with Crippen molar-refractivity contribution in [2.75, 3.05) is 13.1 Å². The van der Waals surface area contributed by atoms with Gasteiger partial charge < -0.3 is 4.74 Å². The molecule has 11 heteroatoms. The lowest BCUT2D eigenvalue weighted by Gasteiger charge is -2.18. The quantitative estimate of drug-likeness (QED) is 0.460. The van der Waals surface area contributed by atoms with Crippen molar-refractivity contribution in [3.05, 3.63) is 63.7 Å². The van der Waals surface area contributed by atoms with Crippen LogP contribution in [0.25, 0.3) is 0 Å². The van der Waals surface area contributed by atoms with Gasteiger partial charge in [-0.05, 0) is 29.8 Å². The van der Waals surface area contributed by atoms with Crippen molar-refractivity contribution < 1.29 is 31.2 Å². The molecule has 7 nitrogen and oxygen atoms in total. The maximum atomic E-state index is 12.6. The van der Waals surface area contributed by atoms with Gasteiger partial charge in [0.05, 0.1) is 15.4 Å². The molecular weight excluding hydrogens is 413 g/mol. The van der Waals surface area contributed by atoms with E-state index in [1.807, 2.05) is 0 Å². The molecule has 0 N–H and O–H groups in total. The summed E-state index contributed by atoms with van der Waals surface area (Å²) in [6, 6.07) is 7.44. The maximum absolute atomic E-state index is 12.6. The SMILES string of the molecule is CCN(CC)S(=O)(=O)c1ccc(OCc2ccc(C(F)(F)F)cc2)c([N+](=O)[O-])c1. The molecule has 2 aromatic rings. The third kappa shape index (κ3) is 5.24. The second kappa shape index (κ2) is 8.78. The first-order chi connectivity index (χ1) is 13.5. The van der Waals surface area contributed by atoms with Crippen molar-refractivity contribution in [1.82, 2.24) is 4.31 Å². The lowest BCUT2D eigenvalue weighted by molar-refractivity contribution is -0.386. The second-order valence-electron chi connectivity index (χ2n) is 5.96. The number of benzene rings is 2. The van der Waals surface area contributed by atoms with Gasteiger partial charge in [-0.2, -0.15) is 17.5 Å². The van der Waals surface area contributed by atoms with Gasteiger partial charge in [0.25, 0.3) is 0 Å². The summed E-state index contributed by atoms with van der Waals surface area (Å²) in [5.41, 5.74) is -1.00. The molecule has 0 spiro atoms. The Morgan fingerprint density at radius 1 is 1.07 bits per heavy atom. The molecule has 0 aliphatic heterocycles. The van der Waals surface area contributed by atoms with Crippen LogP contribution in [-0.2, 0) is 22.8 Å². The van der Waals surface area contributed by atoms with E-state index >= 15 is 0 Å². The number of nitro benzene ring substituents is 1. The average Bonchev–Trinajstić information content (AvgIpc) is 2.66. The van der Waals surface area contributed by atoms with Crippen molar-refractivity contribution in [1.29, 1.82) is 0 Å². The van der Waals surface area contributed by atoms with Crippen LogP contribution in [0.4, 0.5) is 18.9 Å². The Labute approximate surface area is 165 Å². The lowest BCUT2D eigenvalue weighted by Crippen LogP contribution is -2.30. The van der Waals surface area contributed by atoms with Crippen LogP contribution in [0.1, 0.15) is 25.0 Å². The smallest absolute Gasteiger partial charge is 0.416 e. The number of alkyl halides is 3. The number of hydrogen-bond acceptors (Lipinski definition) is 5. The van der Waals surface area contributed by atoms with E-state index in [4.69, 9.17) is 4.74 Å².